The predicted molar refractivity (Wildman–Crippen MR) is 22.9 cm³/mol. The number of rotatable bonds is 0. The van der Waals surface area contributed by atoms with Gasteiger partial charge in [-0.1, -0.05) is 0 Å². The third kappa shape index (κ3) is 9.12. The third-order valence-corrected chi connectivity index (χ3v) is 0. The second-order valence-electron chi connectivity index (χ2n) is 0.0891. The Morgan fingerprint density at radius 2 is 1.75 bits per heavy atom. The fraction of sp³-hybridized carbons (Fsp3) is 0. The van der Waals surface area contributed by atoms with Gasteiger partial charge in [-0.05, 0) is 0 Å². The van der Waals surface area contributed by atoms with E-state index >= 15 is 0 Å². The van der Waals surface area contributed by atoms with Crippen LogP contribution < -0.4 is 0 Å². The van der Waals surface area contributed by atoms with Crippen molar-refractivity contribution < 1.29 is 13.9 Å². The standard InChI is InChI=1S/2Al.ClH.Co.4H/h;;1H;;;;;/q;+1;;;;;;/p-1. The molecule has 0 spiro atoms. The zero-order chi connectivity index (χ0) is 2.71. The summed E-state index contributed by atoms with van der Waals surface area (Å²) in [5.74, 6) is 0. The van der Waals surface area contributed by atoms with Gasteiger partial charge < -0.3 is 0 Å². The molecule has 0 fully saturated rings. The third-order valence-electron chi connectivity index (χ3n) is 0. The van der Waals surface area contributed by atoms with Crippen LogP contribution in [0, 0.1) is 0 Å². The van der Waals surface area contributed by atoms with Crippen molar-refractivity contribution in [2.24, 2.45) is 0 Å². The summed E-state index contributed by atoms with van der Waals surface area (Å²) in [6.45, 7) is 0. The molecular weight excluding hydrogens is 148 g/mol. The van der Waals surface area contributed by atoms with Crippen molar-refractivity contribution in [3.63, 3.8) is 0 Å². The summed E-state index contributed by atoms with van der Waals surface area (Å²) in [5.41, 5.74) is 0. The van der Waals surface area contributed by atoms with Crippen molar-refractivity contribution >= 4 is 39.9 Å². The topological polar surface area (TPSA) is 0 Å². The average Bonchev–Trinajstić information content (AvgIpc) is 0.918. The average molecular weight is 152 g/mol. The molecule has 0 saturated carbocycles. The van der Waals surface area contributed by atoms with Crippen LogP contribution in [0.3, 0.4) is 0 Å². The molecule has 0 unspecified atom stereocenters. The van der Waals surface area contributed by atoms with Gasteiger partial charge in [0.15, 0.2) is 17.4 Å². The minimum absolute atomic E-state index is 0. The summed E-state index contributed by atoms with van der Waals surface area (Å²) in [6.07, 6.45) is 0. The molecule has 0 aliphatic carbocycles. The Morgan fingerprint density at radius 3 is 1.75 bits per heavy atom. The van der Waals surface area contributed by atoms with E-state index in [9.17, 15) is 0 Å². The molecule has 4 heavy (non-hydrogen) atoms. The monoisotopic (exact) mass is 152 g/mol. The first-order chi connectivity index (χ1) is 1.41. The maximum absolute atomic E-state index is 5.00. The van der Waals surface area contributed by atoms with Crippen molar-refractivity contribution in [1.82, 2.24) is 0 Å². The van der Waals surface area contributed by atoms with E-state index in [-0.39, 0.29) is 17.4 Å². The first kappa shape index (κ1) is 9.29. The quantitative estimate of drug-likeness (QED) is 0.385. The second-order valence-corrected chi connectivity index (χ2v) is 3.31. The first-order valence-electron chi connectivity index (χ1n) is 0.503. The van der Waals surface area contributed by atoms with Gasteiger partial charge in [0, 0.05) is 0 Å². The molecule has 0 aliphatic rings. The first-order valence-corrected chi connectivity index (χ1v) is 5.32. The van der Waals surface area contributed by atoms with Crippen LogP contribution in [0.25, 0.3) is 0 Å². The Morgan fingerprint density at radius 1 is 1.75 bits per heavy atom. The van der Waals surface area contributed by atoms with Gasteiger partial charge in [0.2, 0.25) is 0 Å². The Balaban J connectivity index is 0. The molecule has 0 heterocycles. The summed E-state index contributed by atoms with van der Waals surface area (Å²) in [6, 6.07) is 0. The van der Waals surface area contributed by atoms with Crippen LogP contribution in [0.5, 0.6) is 0 Å². The summed E-state index contributed by atoms with van der Waals surface area (Å²) in [7, 11) is 5.00. The molecular formula is H4Al2ClCo. The Hall–Kier alpha value is 1.86. The van der Waals surface area contributed by atoms with Crippen molar-refractivity contribution in [3.05, 3.63) is 0 Å². The minimum atomic E-state index is -0.424. The van der Waals surface area contributed by atoms with Crippen LogP contribution in [0.1, 0.15) is 0 Å². The fourth-order valence-electron chi connectivity index (χ4n) is 0. The van der Waals surface area contributed by atoms with Gasteiger partial charge >= 0.3 is 36.4 Å². The molecule has 0 aromatic rings. The van der Waals surface area contributed by atoms with Crippen molar-refractivity contribution in [2.75, 3.05) is 0 Å². The zero-order valence-corrected chi connectivity index (χ0v) is 4.63. The van der Waals surface area contributed by atoms with Crippen LogP contribution in [-0.2, 0) is 13.9 Å². The Bertz CT molecular complexity index is 6.00. The maximum atomic E-state index is 5.00. The van der Waals surface area contributed by atoms with E-state index in [0.29, 0.717) is 0 Å². The number of hydrogen-bond donors (Lipinski definition) is 0. The van der Waals surface area contributed by atoms with Crippen molar-refractivity contribution in [3.8, 4) is 0 Å². The molecule has 0 aromatic heterocycles. The van der Waals surface area contributed by atoms with Gasteiger partial charge in [0.25, 0.3) is 0 Å². The van der Waals surface area contributed by atoms with Gasteiger partial charge in [-0.3, -0.25) is 0 Å². The molecule has 0 atom stereocenters. The van der Waals surface area contributed by atoms with Crippen LogP contribution in [0.2, 0.25) is 0 Å². The number of halogens is 1. The molecule has 4 heteroatoms. The van der Waals surface area contributed by atoms with Gasteiger partial charge in [0.1, 0.15) is 0 Å². The molecule has 0 bridgehead atoms. The van der Waals surface area contributed by atoms with Gasteiger partial charge in [0.05, 0.1) is 0 Å². The van der Waals surface area contributed by atoms with Crippen molar-refractivity contribution in [2.45, 2.75) is 0 Å². The van der Waals surface area contributed by atoms with Crippen LogP contribution >= 0.6 is 10.0 Å². The van der Waals surface area contributed by atoms with Gasteiger partial charge in [-0.25, -0.2) is 0 Å². The summed E-state index contributed by atoms with van der Waals surface area (Å²) in [5, 5.41) is 0. The number of hydrogen-bond acceptors (Lipinski definition) is 0. The van der Waals surface area contributed by atoms with Crippen LogP contribution in [0.4, 0.5) is 0 Å². The molecule has 0 amide bonds. The second kappa shape index (κ2) is 8.85. The fourth-order valence-corrected chi connectivity index (χ4v) is 0. The molecule has 0 nitrogen and oxygen atoms in total. The van der Waals surface area contributed by atoms with Crippen molar-refractivity contribution in [1.29, 1.82) is 0 Å². The molecule has 0 saturated heterocycles. The van der Waals surface area contributed by atoms with Crippen LogP contribution in [0.15, 0.2) is 0 Å². The Kier molecular flexibility index (Phi) is 20.6. The summed E-state index contributed by atoms with van der Waals surface area (Å²) in [4.78, 5) is 0. The van der Waals surface area contributed by atoms with Crippen LogP contribution in [-0.4, -0.2) is 29.9 Å². The predicted octanol–water partition coefficient (Wildman–Crippen LogP) is -1.15. The van der Waals surface area contributed by atoms with E-state index in [1.54, 1.807) is 0 Å². The SMILES string of the molecule is [AlH3].[Cl][AlH][Co]. The molecule has 0 rings (SSSR count). The Labute approximate surface area is 53.5 Å². The summed E-state index contributed by atoms with van der Waals surface area (Å²) >= 11 is 3.31. The van der Waals surface area contributed by atoms with E-state index in [1.165, 1.54) is 0 Å². The summed E-state index contributed by atoms with van der Waals surface area (Å²) < 4.78 is 0. The van der Waals surface area contributed by atoms with Gasteiger partial charge in [-0.2, -0.15) is 0 Å². The normalized spacial score (nSPS) is 3.75. The molecule has 0 radical (unpaired) electrons. The zero-order valence-electron chi connectivity index (χ0n) is 1.42. The van der Waals surface area contributed by atoms with E-state index in [0.717, 1.165) is 0 Å². The van der Waals surface area contributed by atoms with E-state index in [2.05, 4.69) is 13.9 Å². The van der Waals surface area contributed by atoms with E-state index in [4.69, 9.17) is 10.0 Å². The molecule has 0 N–H and O–H groups in total. The molecule has 26 valence electrons. The molecule has 0 aromatic carbocycles. The van der Waals surface area contributed by atoms with E-state index < -0.39 is 12.5 Å². The molecule has 0 aliphatic heterocycles. The van der Waals surface area contributed by atoms with E-state index in [1.807, 2.05) is 0 Å². The van der Waals surface area contributed by atoms with Gasteiger partial charge in [-0.15, -0.1) is 0 Å².